The van der Waals surface area contributed by atoms with Crippen molar-refractivity contribution >= 4 is 16.0 Å². The standard InChI is InChI=1S/C15H20N4O3S.C2HF3O2/c1-3-19-15-10-18(23(2,20)21)9-12(14(15)8-17-19)11-22-13-5-4-6-16-7-13;3-2(4,5)1(6)7/h4-8,12H,3,9-11H2,1-2H3;(H,6,7). The molecule has 3 heterocycles. The lowest BCUT2D eigenvalue weighted by Gasteiger charge is -2.31. The van der Waals surface area contributed by atoms with Gasteiger partial charge >= 0.3 is 12.1 Å². The molecule has 0 amide bonds. The third-order valence-electron chi connectivity index (χ3n) is 4.27. The second-order valence-corrected chi connectivity index (χ2v) is 8.40. The van der Waals surface area contributed by atoms with Crippen molar-refractivity contribution in [2.45, 2.75) is 32.1 Å². The Morgan fingerprint density at radius 2 is 2.03 bits per heavy atom. The van der Waals surface area contributed by atoms with Gasteiger partial charge in [0.15, 0.2) is 0 Å². The van der Waals surface area contributed by atoms with Gasteiger partial charge in [-0.3, -0.25) is 9.67 Å². The highest BCUT2D eigenvalue weighted by molar-refractivity contribution is 7.88. The molecule has 0 aliphatic carbocycles. The molecule has 0 saturated carbocycles. The lowest BCUT2D eigenvalue weighted by Crippen LogP contribution is -2.39. The summed E-state index contributed by atoms with van der Waals surface area (Å²) < 4.78 is 64.8. The summed E-state index contributed by atoms with van der Waals surface area (Å²) in [4.78, 5) is 12.9. The number of carboxylic acid groups (broad SMARTS) is 1. The molecule has 2 aromatic heterocycles. The Morgan fingerprint density at radius 3 is 2.53 bits per heavy atom. The Bertz CT molecular complexity index is 964. The number of carboxylic acids is 1. The van der Waals surface area contributed by atoms with Crippen LogP contribution in [0.4, 0.5) is 13.2 Å². The van der Waals surface area contributed by atoms with Gasteiger partial charge in [0, 0.05) is 30.8 Å². The number of ether oxygens (including phenoxy) is 1. The second-order valence-electron chi connectivity index (χ2n) is 6.42. The smallest absolute Gasteiger partial charge is 0.490 e. The van der Waals surface area contributed by atoms with E-state index in [-0.39, 0.29) is 5.92 Å². The van der Waals surface area contributed by atoms with E-state index in [0.717, 1.165) is 11.3 Å². The zero-order chi connectivity index (χ0) is 22.5. The Kier molecular flexibility index (Phi) is 7.42. The molecule has 0 aromatic carbocycles. The summed E-state index contributed by atoms with van der Waals surface area (Å²) >= 11 is 0. The number of aromatic nitrogens is 3. The van der Waals surface area contributed by atoms with Gasteiger partial charge in [-0.1, -0.05) is 0 Å². The normalized spacial score (nSPS) is 16.9. The van der Waals surface area contributed by atoms with Crippen LogP contribution in [0.3, 0.4) is 0 Å². The quantitative estimate of drug-likeness (QED) is 0.740. The van der Waals surface area contributed by atoms with E-state index in [0.29, 0.717) is 32.0 Å². The molecule has 1 atom stereocenters. The van der Waals surface area contributed by atoms with E-state index in [4.69, 9.17) is 14.6 Å². The fraction of sp³-hybridized carbons (Fsp3) is 0.471. The molecular weight excluding hydrogens is 429 g/mol. The first-order chi connectivity index (χ1) is 13.9. The number of halogens is 3. The van der Waals surface area contributed by atoms with E-state index < -0.39 is 22.2 Å². The summed E-state index contributed by atoms with van der Waals surface area (Å²) in [7, 11) is -3.26. The van der Waals surface area contributed by atoms with Gasteiger partial charge in [-0.15, -0.1) is 0 Å². The fourth-order valence-corrected chi connectivity index (χ4v) is 3.62. The highest BCUT2D eigenvalue weighted by atomic mass is 32.2. The SMILES string of the molecule is CCn1ncc2c1CN(S(C)(=O)=O)CC2COc1cccnc1.O=C(O)C(F)(F)F. The molecule has 1 N–H and O–H groups in total. The van der Waals surface area contributed by atoms with Crippen LogP contribution in [0.25, 0.3) is 0 Å². The largest absolute Gasteiger partial charge is 0.491 e. The number of pyridine rings is 1. The summed E-state index contributed by atoms with van der Waals surface area (Å²) in [6.45, 7) is 3.87. The van der Waals surface area contributed by atoms with Crippen LogP contribution in [-0.2, 0) is 27.9 Å². The van der Waals surface area contributed by atoms with E-state index >= 15 is 0 Å². The highest BCUT2D eigenvalue weighted by Crippen LogP contribution is 2.30. The number of hydrogen-bond acceptors (Lipinski definition) is 6. The average Bonchev–Trinajstić information content (AvgIpc) is 3.09. The number of alkyl halides is 3. The van der Waals surface area contributed by atoms with Crippen LogP contribution >= 0.6 is 0 Å². The minimum atomic E-state index is -5.08. The van der Waals surface area contributed by atoms with Crippen molar-refractivity contribution in [1.82, 2.24) is 19.1 Å². The van der Waals surface area contributed by atoms with Crippen molar-refractivity contribution in [3.8, 4) is 5.75 Å². The summed E-state index contributed by atoms with van der Waals surface area (Å²) in [6, 6.07) is 3.64. The lowest BCUT2D eigenvalue weighted by atomic mass is 9.97. The topological polar surface area (TPSA) is 115 Å². The number of hydrogen-bond donors (Lipinski definition) is 1. The number of nitrogens with zero attached hydrogens (tertiary/aromatic N) is 4. The second kappa shape index (κ2) is 9.43. The maximum atomic E-state index is 12.0. The third kappa shape index (κ3) is 6.16. The molecule has 3 rings (SSSR count). The maximum absolute atomic E-state index is 12.0. The van der Waals surface area contributed by atoms with Crippen molar-refractivity contribution in [1.29, 1.82) is 0 Å². The van der Waals surface area contributed by atoms with Crippen molar-refractivity contribution in [3.63, 3.8) is 0 Å². The molecule has 0 radical (unpaired) electrons. The van der Waals surface area contributed by atoms with Gasteiger partial charge < -0.3 is 9.84 Å². The fourth-order valence-electron chi connectivity index (χ4n) is 2.81. The van der Waals surface area contributed by atoms with Gasteiger partial charge in [0.25, 0.3) is 0 Å². The van der Waals surface area contributed by atoms with Crippen molar-refractivity contribution in [3.05, 3.63) is 42.0 Å². The number of rotatable bonds is 5. The van der Waals surface area contributed by atoms with Crippen LogP contribution in [0.5, 0.6) is 5.75 Å². The summed E-state index contributed by atoms with van der Waals surface area (Å²) in [6.07, 6.45) is 1.31. The molecule has 30 heavy (non-hydrogen) atoms. The van der Waals surface area contributed by atoms with E-state index in [1.54, 1.807) is 18.5 Å². The zero-order valence-corrected chi connectivity index (χ0v) is 17.0. The van der Waals surface area contributed by atoms with Crippen molar-refractivity contribution < 1.29 is 36.2 Å². The minimum absolute atomic E-state index is 0.0472. The molecule has 0 spiro atoms. The highest BCUT2D eigenvalue weighted by Gasteiger charge is 2.38. The van der Waals surface area contributed by atoms with Gasteiger partial charge in [-0.25, -0.2) is 13.2 Å². The molecule has 0 fully saturated rings. The Hall–Kier alpha value is -2.67. The molecule has 1 unspecified atom stereocenters. The molecular formula is C17H21F3N4O5S. The van der Waals surface area contributed by atoms with Gasteiger partial charge in [0.2, 0.25) is 10.0 Å². The lowest BCUT2D eigenvalue weighted by molar-refractivity contribution is -0.192. The van der Waals surface area contributed by atoms with Gasteiger partial charge in [-0.05, 0) is 19.1 Å². The number of fused-ring (bicyclic) bond motifs is 1. The van der Waals surface area contributed by atoms with Crippen LogP contribution in [-0.4, -0.2) is 64.1 Å². The zero-order valence-electron chi connectivity index (χ0n) is 16.2. The molecule has 0 bridgehead atoms. The van der Waals surface area contributed by atoms with Crippen LogP contribution < -0.4 is 4.74 Å². The number of sulfonamides is 1. The number of aryl methyl sites for hydroxylation is 1. The monoisotopic (exact) mass is 450 g/mol. The predicted octanol–water partition coefficient (Wildman–Crippen LogP) is 1.87. The van der Waals surface area contributed by atoms with Crippen molar-refractivity contribution in [2.24, 2.45) is 0 Å². The minimum Gasteiger partial charge on any atom is -0.491 e. The van der Waals surface area contributed by atoms with Gasteiger partial charge in [-0.2, -0.15) is 22.6 Å². The molecule has 9 nitrogen and oxygen atoms in total. The molecule has 0 saturated heterocycles. The molecule has 2 aromatic rings. The predicted molar refractivity (Wildman–Crippen MR) is 99.3 cm³/mol. The molecule has 13 heteroatoms. The van der Waals surface area contributed by atoms with Gasteiger partial charge in [0.1, 0.15) is 5.75 Å². The van der Waals surface area contributed by atoms with Crippen LogP contribution in [0.15, 0.2) is 30.7 Å². The van der Waals surface area contributed by atoms with E-state index in [1.165, 1.54) is 10.6 Å². The van der Waals surface area contributed by atoms with E-state index in [9.17, 15) is 21.6 Å². The molecule has 1 aliphatic rings. The van der Waals surface area contributed by atoms with Crippen LogP contribution in [0.2, 0.25) is 0 Å². The van der Waals surface area contributed by atoms with Gasteiger partial charge in [0.05, 0.1) is 37.5 Å². The Labute approximate surface area is 171 Å². The Morgan fingerprint density at radius 1 is 1.37 bits per heavy atom. The Balaban J connectivity index is 0.000000396. The van der Waals surface area contributed by atoms with E-state index in [2.05, 4.69) is 10.1 Å². The summed E-state index contributed by atoms with van der Waals surface area (Å²) in [5, 5.41) is 11.5. The average molecular weight is 450 g/mol. The maximum Gasteiger partial charge on any atom is 0.490 e. The first-order valence-corrected chi connectivity index (χ1v) is 10.6. The number of aliphatic carboxylic acids is 1. The number of carbonyl (C=O) groups is 1. The summed E-state index contributed by atoms with van der Waals surface area (Å²) in [5.74, 6) is -2.13. The van der Waals surface area contributed by atoms with Crippen molar-refractivity contribution in [2.75, 3.05) is 19.4 Å². The summed E-state index contributed by atoms with van der Waals surface area (Å²) in [5.41, 5.74) is 2.01. The van der Waals surface area contributed by atoms with Crippen LogP contribution in [0.1, 0.15) is 24.1 Å². The molecule has 166 valence electrons. The van der Waals surface area contributed by atoms with E-state index in [1.807, 2.05) is 23.9 Å². The first kappa shape index (κ1) is 23.6. The first-order valence-electron chi connectivity index (χ1n) is 8.76. The third-order valence-corrected chi connectivity index (χ3v) is 5.48. The molecule has 1 aliphatic heterocycles. The van der Waals surface area contributed by atoms with Crippen LogP contribution in [0, 0.1) is 0 Å².